The first-order valence-corrected chi connectivity index (χ1v) is 8.32. The summed E-state index contributed by atoms with van der Waals surface area (Å²) in [5.74, 6) is 0.520. The highest BCUT2D eigenvalue weighted by molar-refractivity contribution is 6.30. The second-order valence-electron chi connectivity index (χ2n) is 6.32. The summed E-state index contributed by atoms with van der Waals surface area (Å²) in [5.41, 5.74) is 1.18. The van der Waals surface area contributed by atoms with Gasteiger partial charge in [-0.3, -0.25) is 4.79 Å². The first-order chi connectivity index (χ1) is 10.1. The average molecular weight is 307 g/mol. The Morgan fingerprint density at radius 2 is 2.24 bits per heavy atom. The van der Waals surface area contributed by atoms with E-state index in [1.54, 1.807) is 0 Å². The van der Waals surface area contributed by atoms with E-state index in [9.17, 15) is 4.79 Å². The normalized spacial score (nSPS) is 29.6. The molecule has 1 N–H and O–H groups in total. The third kappa shape index (κ3) is 3.24. The molecule has 2 aliphatic heterocycles. The van der Waals surface area contributed by atoms with Gasteiger partial charge in [0.15, 0.2) is 0 Å². The van der Waals surface area contributed by atoms with Crippen LogP contribution in [0.25, 0.3) is 0 Å². The summed E-state index contributed by atoms with van der Waals surface area (Å²) < 4.78 is 0. The molecule has 2 fully saturated rings. The van der Waals surface area contributed by atoms with Crippen LogP contribution in [0.15, 0.2) is 24.3 Å². The number of likely N-dealkylation sites (tertiary alicyclic amines) is 1. The van der Waals surface area contributed by atoms with E-state index in [-0.39, 0.29) is 12.0 Å². The van der Waals surface area contributed by atoms with Crippen LogP contribution in [-0.2, 0) is 4.79 Å². The summed E-state index contributed by atoms with van der Waals surface area (Å²) in [6.07, 6.45) is 4.05. The molecule has 114 valence electrons. The van der Waals surface area contributed by atoms with Crippen LogP contribution >= 0.6 is 11.6 Å². The fraction of sp³-hybridized carbons (Fsp3) is 0.588. The Bertz CT molecular complexity index is 519. The summed E-state index contributed by atoms with van der Waals surface area (Å²) in [6.45, 7) is 4.00. The second kappa shape index (κ2) is 6.37. The summed E-state index contributed by atoms with van der Waals surface area (Å²) in [6, 6.07) is 8.61. The fourth-order valence-corrected chi connectivity index (χ4v) is 3.88. The Balaban J connectivity index is 1.75. The van der Waals surface area contributed by atoms with Crippen molar-refractivity contribution in [1.82, 2.24) is 10.2 Å². The molecular formula is C17H23ClN2O. The molecule has 1 aromatic rings. The third-order valence-corrected chi connectivity index (χ3v) is 4.98. The van der Waals surface area contributed by atoms with Crippen molar-refractivity contribution >= 4 is 17.5 Å². The van der Waals surface area contributed by atoms with Crippen molar-refractivity contribution in [2.24, 2.45) is 5.92 Å². The predicted molar refractivity (Wildman–Crippen MR) is 85.3 cm³/mol. The maximum absolute atomic E-state index is 12.9. The molecule has 0 aromatic heterocycles. The van der Waals surface area contributed by atoms with Gasteiger partial charge in [0.1, 0.15) is 0 Å². The van der Waals surface area contributed by atoms with Crippen molar-refractivity contribution < 1.29 is 4.79 Å². The van der Waals surface area contributed by atoms with Crippen LogP contribution in [0.4, 0.5) is 0 Å². The number of hydrogen-bond donors (Lipinski definition) is 1. The molecule has 3 rings (SSSR count). The van der Waals surface area contributed by atoms with E-state index < -0.39 is 0 Å². The van der Waals surface area contributed by atoms with Crippen LogP contribution in [-0.4, -0.2) is 29.9 Å². The van der Waals surface area contributed by atoms with Gasteiger partial charge in [-0.1, -0.05) is 23.7 Å². The zero-order valence-corrected chi connectivity index (χ0v) is 13.3. The minimum Gasteiger partial charge on any atom is -0.335 e. The molecule has 0 aliphatic carbocycles. The lowest BCUT2D eigenvalue weighted by molar-refractivity contribution is -0.137. The van der Waals surface area contributed by atoms with E-state index in [1.165, 1.54) is 5.56 Å². The topological polar surface area (TPSA) is 32.3 Å². The quantitative estimate of drug-likeness (QED) is 0.908. The van der Waals surface area contributed by atoms with E-state index in [2.05, 4.69) is 23.2 Å². The first-order valence-electron chi connectivity index (χ1n) is 7.94. The van der Waals surface area contributed by atoms with Crippen molar-refractivity contribution in [2.75, 3.05) is 13.1 Å². The zero-order chi connectivity index (χ0) is 14.8. The Morgan fingerprint density at radius 1 is 1.38 bits per heavy atom. The van der Waals surface area contributed by atoms with Crippen LogP contribution in [0.1, 0.15) is 44.2 Å². The molecule has 0 radical (unpaired) electrons. The lowest BCUT2D eigenvalue weighted by atomic mass is 9.91. The van der Waals surface area contributed by atoms with E-state index in [1.807, 2.05) is 18.2 Å². The fourth-order valence-electron chi connectivity index (χ4n) is 3.68. The predicted octanol–water partition coefficient (Wildman–Crippen LogP) is 3.39. The lowest BCUT2D eigenvalue weighted by Crippen LogP contribution is -2.44. The van der Waals surface area contributed by atoms with Gasteiger partial charge in [-0.15, -0.1) is 0 Å². The van der Waals surface area contributed by atoms with Gasteiger partial charge in [0, 0.05) is 23.5 Å². The average Bonchev–Trinajstić information content (AvgIpc) is 2.96. The van der Waals surface area contributed by atoms with Crippen molar-refractivity contribution in [1.29, 1.82) is 0 Å². The number of nitrogens with one attached hydrogen (secondary N) is 1. The molecule has 2 heterocycles. The number of halogens is 1. The van der Waals surface area contributed by atoms with E-state index in [4.69, 9.17) is 11.6 Å². The maximum atomic E-state index is 12.9. The van der Waals surface area contributed by atoms with Gasteiger partial charge in [-0.25, -0.2) is 0 Å². The Hall–Kier alpha value is -1.06. The van der Waals surface area contributed by atoms with Gasteiger partial charge in [0.2, 0.25) is 5.91 Å². The van der Waals surface area contributed by atoms with Gasteiger partial charge >= 0.3 is 0 Å². The Kier molecular flexibility index (Phi) is 4.51. The molecule has 0 spiro atoms. The summed E-state index contributed by atoms with van der Waals surface area (Å²) in [4.78, 5) is 15.0. The minimum absolute atomic E-state index is 0.182. The van der Waals surface area contributed by atoms with Gasteiger partial charge in [0.25, 0.3) is 0 Å². The number of piperidine rings is 1. The Labute approximate surface area is 131 Å². The van der Waals surface area contributed by atoms with Crippen LogP contribution in [0, 0.1) is 5.92 Å². The number of carbonyl (C=O) groups excluding carboxylic acids is 1. The molecule has 1 aromatic carbocycles. The highest BCUT2D eigenvalue weighted by atomic mass is 35.5. The van der Waals surface area contributed by atoms with Gasteiger partial charge in [-0.05, 0) is 56.8 Å². The van der Waals surface area contributed by atoms with Crippen LogP contribution in [0.2, 0.25) is 5.02 Å². The molecule has 0 saturated carbocycles. The minimum atomic E-state index is 0.182. The molecular weight excluding hydrogens is 284 g/mol. The largest absolute Gasteiger partial charge is 0.335 e. The Morgan fingerprint density at radius 3 is 3.00 bits per heavy atom. The molecule has 4 heteroatoms. The highest BCUT2D eigenvalue weighted by Crippen LogP contribution is 2.35. The van der Waals surface area contributed by atoms with Crippen LogP contribution in [0.3, 0.4) is 0 Å². The monoisotopic (exact) mass is 306 g/mol. The molecule has 2 aliphatic rings. The number of nitrogens with zero attached hydrogens (tertiary/aromatic N) is 1. The summed E-state index contributed by atoms with van der Waals surface area (Å²) >= 11 is 6.11. The number of rotatable bonds is 2. The third-order valence-electron chi connectivity index (χ3n) is 4.74. The maximum Gasteiger partial charge on any atom is 0.226 e. The van der Waals surface area contributed by atoms with Crippen LogP contribution in [0.5, 0.6) is 0 Å². The van der Waals surface area contributed by atoms with Crippen molar-refractivity contribution in [3.8, 4) is 0 Å². The lowest BCUT2D eigenvalue weighted by Gasteiger charge is -2.33. The molecule has 3 unspecified atom stereocenters. The molecule has 3 atom stereocenters. The zero-order valence-electron chi connectivity index (χ0n) is 12.5. The van der Waals surface area contributed by atoms with E-state index >= 15 is 0 Å². The number of carbonyl (C=O) groups is 1. The standard InChI is InChI=1S/C17H23ClN2O/c1-12-10-14(7-8-19-12)17(21)20-9-3-6-16(20)13-4-2-5-15(18)11-13/h2,4-5,11-12,14,16,19H,3,6-10H2,1H3. The van der Waals surface area contributed by atoms with Gasteiger partial charge in [0.05, 0.1) is 6.04 Å². The second-order valence-corrected chi connectivity index (χ2v) is 6.76. The summed E-state index contributed by atoms with van der Waals surface area (Å²) in [5, 5.41) is 4.17. The first kappa shape index (κ1) is 14.9. The SMILES string of the molecule is CC1CC(C(=O)N2CCCC2c2cccc(Cl)c2)CCN1. The van der Waals surface area contributed by atoms with Crippen molar-refractivity contribution in [3.63, 3.8) is 0 Å². The van der Waals surface area contributed by atoms with E-state index in [0.717, 1.165) is 43.8 Å². The van der Waals surface area contributed by atoms with Gasteiger partial charge in [-0.2, -0.15) is 0 Å². The van der Waals surface area contributed by atoms with Crippen LogP contribution < -0.4 is 5.32 Å². The number of benzene rings is 1. The molecule has 2 saturated heterocycles. The summed E-state index contributed by atoms with van der Waals surface area (Å²) in [7, 11) is 0. The smallest absolute Gasteiger partial charge is 0.226 e. The van der Waals surface area contributed by atoms with Crippen molar-refractivity contribution in [3.05, 3.63) is 34.9 Å². The molecule has 0 bridgehead atoms. The highest BCUT2D eigenvalue weighted by Gasteiger charge is 2.35. The number of amides is 1. The van der Waals surface area contributed by atoms with Crippen molar-refractivity contribution in [2.45, 2.75) is 44.7 Å². The molecule has 1 amide bonds. The molecule has 21 heavy (non-hydrogen) atoms. The number of hydrogen-bond acceptors (Lipinski definition) is 2. The van der Waals surface area contributed by atoms with Gasteiger partial charge < -0.3 is 10.2 Å². The van der Waals surface area contributed by atoms with E-state index in [0.29, 0.717) is 11.9 Å². The molecule has 3 nitrogen and oxygen atoms in total.